The predicted molar refractivity (Wildman–Crippen MR) is 84.6 cm³/mol. The largest absolute Gasteiger partial charge is 0.508 e. The molecule has 21 heavy (non-hydrogen) atoms. The van der Waals surface area contributed by atoms with E-state index in [-0.39, 0.29) is 11.7 Å². The minimum Gasteiger partial charge on any atom is -0.508 e. The number of carbonyl (C=O) groups excluding carboxylic acids is 1. The van der Waals surface area contributed by atoms with E-state index in [1.807, 2.05) is 11.8 Å². The number of amides is 1. The molecule has 1 atom stereocenters. The van der Waals surface area contributed by atoms with E-state index < -0.39 is 0 Å². The lowest BCUT2D eigenvalue weighted by molar-refractivity contribution is 0.0672. The Labute approximate surface area is 127 Å². The molecule has 0 aliphatic carbocycles. The van der Waals surface area contributed by atoms with Crippen molar-refractivity contribution in [3.63, 3.8) is 0 Å². The first-order valence-electron chi connectivity index (χ1n) is 7.79. The van der Waals surface area contributed by atoms with E-state index in [0.717, 1.165) is 31.6 Å². The summed E-state index contributed by atoms with van der Waals surface area (Å²) in [5, 5.41) is 13.2. The summed E-state index contributed by atoms with van der Waals surface area (Å²) in [6.45, 7) is 8.68. The van der Waals surface area contributed by atoms with E-state index in [0.29, 0.717) is 17.5 Å². The Hall–Kier alpha value is -1.55. The first-order chi connectivity index (χ1) is 9.97. The average molecular weight is 290 g/mol. The fourth-order valence-electron chi connectivity index (χ4n) is 2.74. The van der Waals surface area contributed by atoms with Gasteiger partial charge < -0.3 is 15.3 Å². The van der Waals surface area contributed by atoms with E-state index in [1.165, 1.54) is 6.42 Å². The molecule has 0 bridgehead atoms. The molecule has 4 heteroatoms. The highest BCUT2D eigenvalue weighted by molar-refractivity contribution is 5.94. The van der Waals surface area contributed by atoms with Gasteiger partial charge in [0.1, 0.15) is 5.75 Å². The van der Waals surface area contributed by atoms with E-state index in [4.69, 9.17) is 0 Å². The molecule has 2 rings (SSSR count). The lowest BCUT2D eigenvalue weighted by Crippen LogP contribution is -2.43. The second-order valence-electron chi connectivity index (χ2n) is 6.32. The van der Waals surface area contributed by atoms with Gasteiger partial charge in [0.2, 0.25) is 0 Å². The molecule has 116 valence electrons. The highest BCUT2D eigenvalue weighted by Crippen LogP contribution is 2.22. The molecule has 1 amide bonds. The van der Waals surface area contributed by atoms with Crippen LogP contribution in [0.15, 0.2) is 18.2 Å². The molecule has 1 aromatic carbocycles. The third kappa shape index (κ3) is 4.21. The number of benzene rings is 1. The summed E-state index contributed by atoms with van der Waals surface area (Å²) in [6, 6.07) is 5.65. The molecule has 1 fully saturated rings. The third-order valence-corrected chi connectivity index (χ3v) is 4.08. The van der Waals surface area contributed by atoms with Gasteiger partial charge in [0, 0.05) is 24.7 Å². The molecular weight excluding hydrogens is 264 g/mol. The number of likely N-dealkylation sites (tertiary alicyclic amines) is 1. The van der Waals surface area contributed by atoms with Crippen LogP contribution >= 0.6 is 0 Å². The van der Waals surface area contributed by atoms with Crippen LogP contribution in [-0.2, 0) is 0 Å². The molecule has 1 saturated heterocycles. The highest BCUT2D eigenvalue weighted by Gasteiger charge is 2.24. The number of phenols is 1. The fraction of sp³-hybridized carbons (Fsp3) is 0.588. The molecule has 0 saturated carbocycles. The molecule has 1 unspecified atom stereocenters. The molecule has 0 spiro atoms. The van der Waals surface area contributed by atoms with Gasteiger partial charge in [-0.25, -0.2) is 0 Å². The smallest absolute Gasteiger partial charge is 0.253 e. The summed E-state index contributed by atoms with van der Waals surface area (Å²) >= 11 is 0. The van der Waals surface area contributed by atoms with Crippen LogP contribution in [0.3, 0.4) is 0 Å². The molecule has 0 radical (unpaired) electrons. The van der Waals surface area contributed by atoms with Crippen LogP contribution in [-0.4, -0.2) is 41.6 Å². The maximum atomic E-state index is 12.5. The summed E-state index contributed by atoms with van der Waals surface area (Å²) in [7, 11) is 0. The van der Waals surface area contributed by atoms with Gasteiger partial charge in [0.15, 0.2) is 0 Å². The Morgan fingerprint density at radius 3 is 2.90 bits per heavy atom. The average Bonchev–Trinajstić information content (AvgIpc) is 2.47. The number of hydrogen-bond acceptors (Lipinski definition) is 3. The van der Waals surface area contributed by atoms with Gasteiger partial charge >= 0.3 is 0 Å². The normalized spacial score (nSPS) is 19.0. The maximum absolute atomic E-state index is 12.5. The molecule has 0 aromatic heterocycles. The van der Waals surface area contributed by atoms with Crippen LogP contribution in [0.25, 0.3) is 0 Å². The van der Waals surface area contributed by atoms with Crippen LogP contribution in [0.1, 0.15) is 42.6 Å². The van der Waals surface area contributed by atoms with E-state index in [9.17, 15) is 9.90 Å². The minimum absolute atomic E-state index is 0.0274. The Morgan fingerprint density at radius 1 is 1.48 bits per heavy atom. The Morgan fingerprint density at radius 2 is 2.24 bits per heavy atom. The van der Waals surface area contributed by atoms with E-state index in [2.05, 4.69) is 19.2 Å². The van der Waals surface area contributed by atoms with Gasteiger partial charge in [-0.2, -0.15) is 0 Å². The molecule has 1 heterocycles. The first-order valence-corrected chi connectivity index (χ1v) is 7.79. The summed E-state index contributed by atoms with van der Waals surface area (Å²) in [5.41, 5.74) is 1.37. The third-order valence-electron chi connectivity index (χ3n) is 4.08. The number of carbonyl (C=O) groups is 1. The van der Waals surface area contributed by atoms with Crippen molar-refractivity contribution in [2.24, 2.45) is 5.92 Å². The van der Waals surface area contributed by atoms with Crippen molar-refractivity contribution in [3.05, 3.63) is 29.3 Å². The topological polar surface area (TPSA) is 52.6 Å². The van der Waals surface area contributed by atoms with Gasteiger partial charge in [0.05, 0.1) is 0 Å². The number of aromatic hydroxyl groups is 1. The maximum Gasteiger partial charge on any atom is 0.253 e. The highest BCUT2D eigenvalue weighted by atomic mass is 16.3. The van der Waals surface area contributed by atoms with Gasteiger partial charge in [-0.05, 0) is 49.9 Å². The molecule has 4 nitrogen and oxygen atoms in total. The Bertz CT molecular complexity index is 500. The zero-order valence-corrected chi connectivity index (χ0v) is 13.2. The van der Waals surface area contributed by atoms with Gasteiger partial charge in [-0.1, -0.05) is 19.9 Å². The fourth-order valence-corrected chi connectivity index (χ4v) is 2.74. The molecular formula is C17H26N2O2. The number of rotatable bonds is 4. The van der Waals surface area contributed by atoms with Crippen molar-refractivity contribution in [1.82, 2.24) is 10.2 Å². The van der Waals surface area contributed by atoms with Crippen molar-refractivity contribution >= 4 is 5.91 Å². The quantitative estimate of drug-likeness (QED) is 0.896. The Balaban J connectivity index is 1.99. The van der Waals surface area contributed by atoms with Crippen LogP contribution in [0.4, 0.5) is 0 Å². The molecule has 2 N–H and O–H groups in total. The van der Waals surface area contributed by atoms with Crippen LogP contribution in [0.5, 0.6) is 5.75 Å². The molecule has 1 aliphatic heterocycles. The second-order valence-corrected chi connectivity index (χ2v) is 6.32. The van der Waals surface area contributed by atoms with Gasteiger partial charge in [0.25, 0.3) is 5.91 Å². The monoisotopic (exact) mass is 290 g/mol. The van der Waals surface area contributed by atoms with Crippen molar-refractivity contribution in [3.8, 4) is 5.75 Å². The Kier molecular flexibility index (Phi) is 5.23. The van der Waals surface area contributed by atoms with Crippen molar-refractivity contribution in [2.75, 3.05) is 19.6 Å². The molecule has 1 aliphatic rings. The minimum atomic E-state index is 0.0274. The van der Waals surface area contributed by atoms with Crippen molar-refractivity contribution in [1.29, 1.82) is 0 Å². The lowest BCUT2D eigenvalue weighted by Gasteiger charge is -2.33. The predicted octanol–water partition coefficient (Wildman–Crippen LogP) is 2.55. The zero-order valence-electron chi connectivity index (χ0n) is 13.2. The first kappa shape index (κ1) is 15.8. The lowest BCUT2D eigenvalue weighted by atomic mass is 9.97. The number of phenolic OH excluding ortho intramolecular Hbond substituents is 1. The van der Waals surface area contributed by atoms with Crippen LogP contribution < -0.4 is 5.32 Å². The van der Waals surface area contributed by atoms with Gasteiger partial charge in [-0.3, -0.25) is 4.79 Å². The zero-order chi connectivity index (χ0) is 15.4. The summed E-state index contributed by atoms with van der Waals surface area (Å²) in [5.74, 6) is 0.736. The van der Waals surface area contributed by atoms with Crippen molar-refractivity contribution < 1.29 is 9.90 Å². The van der Waals surface area contributed by atoms with Crippen molar-refractivity contribution in [2.45, 2.75) is 39.7 Å². The second kappa shape index (κ2) is 6.94. The number of nitrogens with one attached hydrogen (secondary N) is 1. The number of nitrogens with zero attached hydrogens (tertiary/aromatic N) is 1. The van der Waals surface area contributed by atoms with E-state index >= 15 is 0 Å². The number of aryl methyl sites for hydroxylation is 1. The van der Waals surface area contributed by atoms with Crippen LogP contribution in [0.2, 0.25) is 0 Å². The standard InChI is InChI=1S/C17H26N2O2/c1-12(2)18-10-14-5-4-8-19(11-14)17(21)15-7-6-13(3)16(20)9-15/h6-7,9,12,14,18,20H,4-5,8,10-11H2,1-3H3. The summed E-state index contributed by atoms with van der Waals surface area (Å²) in [4.78, 5) is 14.5. The number of hydrogen-bond donors (Lipinski definition) is 2. The molecule has 1 aromatic rings. The number of piperidine rings is 1. The SMILES string of the molecule is Cc1ccc(C(=O)N2CCCC(CNC(C)C)C2)cc1O. The van der Waals surface area contributed by atoms with Crippen LogP contribution in [0, 0.1) is 12.8 Å². The summed E-state index contributed by atoms with van der Waals surface area (Å²) < 4.78 is 0. The van der Waals surface area contributed by atoms with E-state index in [1.54, 1.807) is 18.2 Å². The summed E-state index contributed by atoms with van der Waals surface area (Å²) in [6.07, 6.45) is 2.22. The van der Waals surface area contributed by atoms with Gasteiger partial charge in [-0.15, -0.1) is 0 Å².